The molecule has 3 rings (SSSR count). The molecule has 1 aromatic heterocycles. The summed E-state index contributed by atoms with van der Waals surface area (Å²) in [5.41, 5.74) is 4.62. The van der Waals surface area contributed by atoms with Crippen LogP contribution in [0.4, 0.5) is 36.8 Å². The molecule has 1 heterocycles. The number of urea groups is 1. The molecule has 37 heavy (non-hydrogen) atoms. The average molecular weight is 533 g/mol. The van der Waals surface area contributed by atoms with E-state index in [-0.39, 0.29) is 23.5 Å². The van der Waals surface area contributed by atoms with Crippen LogP contribution in [0.25, 0.3) is 0 Å². The number of carbonyl (C=O) groups excluding carboxylic acids is 1. The van der Waals surface area contributed by atoms with Crippen molar-refractivity contribution in [3.8, 4) is 5.75 Å². The Labute approximate surface area is 211 Å². The summed E-state index contributed by atoms with van der Waals surface area (Å²) in [6, 6.07) is 5.99. The maximum atomic E-state index is 13.0. The van der Waals surface area contributed by atoms with E-state index in [9.17, 15) is 31.1 Å². The van der Waals surface area contributed by atoms with Gasteiger partial charge in [-0.25, -0.2) is 9.78 Å². The molecular weight excluding hydrogens is 502 g/mol. The molecule has 12 heteroatoms. The van der Waals surface area contributed by atoms with Gasteiger partial charge in [0, 0.05) is 12.1 Å². The zero-order valence-electron chi connectivity index (χ0n) is 21.0. The summed E-state index contributed by atoms with van der Waals surface area (Å²) in [4.78, 5) is 19.0. The predicted octanol–water partition coefficient (Wildman–Crippen LogP) is 6.23. The summed E-state index contributed by atoms with van der Waals surface area (Å²) in [7, 11) is 3.71. The first-order valence-electron chi connectivity index (χ1n) is 11.6. The van der Waals surface area contributed by atoms with Crippen molar-refractivity contribution < 1.29 is 35.9 Å². The van der Waals surface area contributed by atoms with Crippen LogP contribution < -0.4 is 15.4 Å². The Bertz CT molecular complexity index is 1120. The van der Waals surface area contributed by atoms with Gasteiger partial charge in [-0.15, -0.1) is 13.2 Å². The molecule has 0 unspecified atom stereocenters. The van der Waals surface area contributed by atoms with Crippen molar-refractivity contribution in [2.24, 2.45) is 11.1 Å². The quantitative estimate of drug-likeness (QED) is 0.448. The number of aryl methyl sites for hydroxylation is 1. The van der Waals surface area contributed by atoms with Crippen LogP contribution in [0.1, 0.15) is 49.4 Å². The topological polar surface area (TPSA) is 71.7 Å². The number of hydrogen-bond acceptors (Lipinski definition) is 4. The first-order chi connectivity index (χ1) is 17.0. The summed E-state index contributed by atoms with van der Waals surface area (Å²) in [5, 5.41) is 0. The highest BCUT2D eigenvalue weighted by molar-refractivity contribution is 5.91. The highest BCUT2D eigenvalue weighted by Gasteiger charge is 2.45. The maximum absolute atomic E-state index is 13.0. The Hall–Kier alpha value is -3.02. The van der Waals surface area contributed by atoms with Crippen LogP contribution in [0.3, 0.4) is 0 Å². The van der Waals surface area contributed by atoms with E-state index < -0.39 is 35.2 Å². The zero-order chi connectivity index (χ0) is 27.8. The zero-order valence-corrected chi connectivity index (χ0v) is 21.0. The fraction of sp³-hybridized carbons (Fsp3) is 0.520. The molecule has 0 saturated heterocycles. The van der Waals surface area contributed by atoms with E-state index in [2.05, 4.69) is 9.72 Å². The number of pyridine rings is 1. The number of aromatic nitrogens is 1. The number of nitrogens with zero attached hydrogens (tertiary/aromatic N) is 3. The van der Waals surface area contributed by atoms with Gasteiger partial charge < -0.3 is 10.5 Å². The fourth-order valence-electron chi connectivity index (χ4n) is 5.05. The van der Waals surface area contributed by atoms with Gasteiger partial charge in [0.1, 0.15) is 11.4 Å². The van der Waals surface area contributed by atoms with Crippen LogP contribution in [0.5, 0.6) is 5.75 Å². The molecule has 1 fully saturated rings. The van der Waals surface area contributed by atoms with Gasteiger partial charge in [-0.2, -0.15) is 13.2 Å². The second-order valence-corrected chi connectivity index (χ2v) is 10.1. The number of benzene rings is 1. The SMILES string of the molecule is Cc1cc(C(F)(F)F)ncc1N(CC1(C)CCC(c2cccc(OC(F)(F)F)c2)(N(C)C)CC1)C(N)=O. The molecule has 1 aromatic carbocycles. The predicted molar refractivity (Wildman–Crippen MR) is 126 cm³/mol. The van der Waals surface area contributed by atoms with Crippen molar-refractivity contribution >= 4 is 11.7 Å². The van der Waals surface area contributed by atoms with Gasteiger partial charge in [0.05, 0.1) is 11.9 Å². The van der Waals surface area contributed by atoms with E-state index in [1.54, 1.807) is 6.07 Å². The normalized spacial score (nSPS) is 22.7. The number of carbonyl (C=O) groups is 1. The Morgan fingerprint density at radius 1 is 1.08 bits per heavy atom. The third-order valence-corrected chi connectivity index (χ3v) is 7.22. The molecule has 0 atom stereocenters. The van der Waals surface area contributed by atoms with E-state index in [0.717, 1.165) is 12.3 Å². The third-order valence-electron chi connectivity index (χ3n) is 7.22. The number of anilines is 1. The highest BCUT2D eigenvalue weighted by Crippen LogP contribution is 2.49. The van der Waals surface area contributed by atoms with Gasteiger partial charge in [0.2, 0.25) is 0 Å². The molecule has 2 N–H and O–H groups in total. The van der Waals surface area contributed by atoms with Crippen molar-refractivity contribution in [3.05, 3.63) is 53.3 Å². The van der Waals surface area contributed by atoms with Crippen LogP contribution in [0, 0.1) is 12.3 Å². The van der Waals surface area contributed by atoms with Crippen LogP contribution in [0.15, 0.2) is 36.5 Å². The number of rotatable bonds is 6. The van der Waals surface area contributed by atoms with Crippen molar-refractivity contribution in [2.75, 3.05) is 25.5 Å². The monoisotopic (exact) mass is 532 g/mol. The molecule has 0 bridgehead atoms. The lowest BCUT2D eigenvalue weighted by atomic mass is 9.65. The van der Waals surface area contributed by atoms with E-state index in [1.165, 1.54) is 30.0 Å². The van der Waals surface area contributed by atoms with E-state index in [4.69, 9.17) is 5.73 Å². The largest absolute Gasteiger partial charge is 0.573 e. The summed E-state index contributed by atoms with van der Waals surface area (Å²) in [5.74, 6) is -0.301. The first-order valence-corrected chi connectivity index (χ1v) is 11.6. The fourth-order valence-corrected chi connectivity index (χ4v) is 5.05. The summed E-state index contributed by atoms with van der Waals surface area (Å²) >= 11 is 0. The molecular formula is C25H30F6N4O2. The first kappa shape index (κ1) is 28.5. The standard InChI is InChI=1S/C25H30F6N4O2/c1-16-12-20(24(26,27)28)33-14-19(16)35(21(32)36)15-22(2)8-10-23(11-9-22,34(3)4)17-6-5-7-18(13-17)37-25(29,30)31/h5-7,12-14H,8-11,15H2,1-4H3,(H2,32,36). The summed E-state index contributed by atoms with van der Waals surface area (Å²) in [6.45, 7) is 3.56. The Kier molecular flexibility index (Phi) is 7.74. The molecule has 0 spiro atoms. The van der Waals surface area contributed by atoms with Crippen molar-refractivity contribution in [2.45, 2.75) is 57.6 Å². The molecule has 0 radical (unpaired) electrons. The van der Waals surface area contributed by atoms with Crippen LogP contribution >= 0.6 is 0 Å². The minimum absolute atomic E-state index is 0.150. The number of ether oxygens (including phenoxy) is 1. The van der Waals surface area contributed by atoms with Crippen LogP contribution in [-0.4, -0.2) is 42.9 Å². The van der Waals surface area contributed by atoms with Crippen LogP contribution in [0.2, 0.25) is 0 Å². The molecule has 1 aliphatic carbocycles. The van der Waals surface area contributed by atoms with Crippen LogP contribution in [-0.2, 0) is 11.7 Å². The lowest BCUT2D eigenvalue weighted by molar-refractivity contribution is -0.274. The number of amides is 2. The second-order valence-electron chi connectivity index (χ2n) is 10.1. The molecule has 1 saturated carbocycles. The van der Waals surface area contributed by atoms with Crippen molar-refractivity contribution in [3.63, 3.8) is 0 Å². The lowest BCUT2D eigenvalue weighted by Gasteiger charge is -2.50. The number of alkyl halides is 6. The number of hydrogen-bond donors (Lipinski definition) is 1. The van der Waals surface area contributed by atoms with Crippen molar-refractivity contribution in [1.82, 2.24) is 9.88 Å². The van der Waals surface area contributed by atoms with E-state index in [1.807, 2.05) is 25.9 Å². The molecule has 2 aromatic rings. The molecule has 2 amide bonds. The molecule has 0 aliphatic heterocycles. The molecule has 204 valence electrons. The van der Waals surface area contributed by atoms with Gasteiger partial charge in [0.25, 0.3) is 0 Å². The Morgan fingerprint density at radius 3 is 2.19 bits per heavy atom. The molecule has 6 nitrogen and oxygen atoms in total. The number of nitrogens with two attached hydrogens (primary N) is 1. The van der Waals surface area contributed by atoms with Gasteiger partial charge in [-0.1, -0.05) is 19.1 Å². The lowest BCUT2D eigenvalue weighted by Crippen LogP contribution is -2.50. The van der Waals surface area contributed by atoms with E-state index in [0.29, 0.717) is 31.2 Å². The third kappa shape index (κ3) is 6.46. The minimum Gasteiger partial charge on any atom is -0.406 e. The molecule has 1 aliphatic rings. The van der Waals surface area contributed by atoms with Gasteiger partial charge >= 0.3 is 18.6 Å². The smallest absolute Gasteiger partial charge is 0.406 e. The van der Waals surface area contributed by atoms with Gasteiger partial charge in [-0.05, 0) is 81.4 Å². The number of primary amides is 1. The summed E-state index contributed by atoms with van der Waals surface area (Å²) < 4.78 is 81.6. The van der Waals surface area contributed by atoms with Crippen molar-refractivity contribution in [1.29, 1.82) is 0 Å². The second kappa shape index (κ2) is 10.0. The van der Waals surface area contributed by atoms with Gasteiger partial charge in [0.15, 0.2) is 0 Å². The average Bonchev–Trinajstić information content (AvgIpc) is 2.76. The van der Waals surface area contributed by atoms with Gasteiger partial charge in [-0.3, -0.25) is 9.80 Å². The Morgan fingerprint density at radius 2 is 1.70 bits per heavy atom. The highest BCUT2D eigenvalue weighted by atomic mass is 19.4. The maximum Gasteiger partial charge on any atom is 0.573 e. The Balaban J connectivity index is 1.84. The number of halogens is 6. The minimum atomic E-state index is -4.81. The van der Waals surface area contributed by atoms with E-state index >= 15 is 0 Å². The summed E-state index contributed by atoms with van der Waals surface area (Å²) in [6.07, 6.45) is -6.15.